The van der Waals surface area contributed by atoms with Crippen molar-refractivity contribution in [3.8, 4) is 5.75 Å². The Labute approximate surface area is 206 Å². The highest BCUT2D eigenvalue weighted by molar-refractivity contribution is 5.92. The van der Waals surface area contributed by atoms with Gasteiger partial charge in [-0.2, -0.15) is 0 Å². The lowest BCUT2D eigenvalue weighted by Crippen LogP contribution is -2.44. The number of carbonyl (C=O) groups is 1. The number of hydrogen-bond donors (Lipinski definition) is 2. The van der Waals surface area contributed by atoms with Crippen LogP contribution in [0.15, 0.2) is 41.7 Å². The summed E-state index contributed by atoms with van der Waals surface area (Å²) in [4.78, 5) is 16.7. The molecule has 0 aliphatic heterocycles. The van der Waals surface area contributed by atoms with Crippen molar-refractivity contribution in [1.29, 1.82) is 0 Å². The molecule has 7 heteroatoms. The summed E-state index contributed by atoms with van der Waals surface area (Å²) in [5.74, 6) is 2.54. The van der Waals surface area contributed by atoms with E-state index in [-0.39, 0.29) is 17.1 Å². The van der Waals surface area contributed by atoms with Crippen LogP contribution in [0.4, 0.5) is 10.2 Å². The van der Waals surface area contributed by atoms with Crippen LogP contribution >= 0.6 is 0 Å². The number of fused-ring (bicyclic) bond motifs is 5. The molecule has 35 heavy (non-hydrogen) atoms. The van der Waals surface area contributed by atoms with E-state index in [2.05, 4.69) is 28.4 Å². The van der Waals surface area contributed by atoms with Crippen LogP contribution in [0, 0.1) is 29.0 Å². The van der Waals surface area contributed by atoms with E-state index in [9.17, 15) is 14.4 Å². The maximum Gasteiger partial charge on any atom is 0.225 e. The van der Waals surface area contributed by atoms with Gasteiger partial charge in [-0.25, -0.2) is 9.37 Å². The zero-order chi connectivity index (χ0) is 24.6. The van der Waals surface area contributed by atoms with Crippen molar-refractivity contribution in [2.75, 3.05) is 12.4 Å². The van der Waals surface area contributed by atoms with E-state index in [1.165, 1.54) is 5.56 Å². The molecule has 2 N–H and O–H groups in total. The van der Waals surface area contributed by atoms with Gasteiger partial charge in [0.2, 0.25) is 5.91 Å². The van der Waals surface area contributed by atoms with Gasteiger partial charge < -0.3 is 15.3 Å². The highest BCUT2D eigenvalue weighted by Crippen LogP contribution is 2.62. The van der Waals surface area contributed by atoms with Gasteiger partial charge in [0.15, 0.2) is 0 Å². The van der Waals surface area contributed by atoms with Crippen LogP contribution in [-0.2, 0) is 11.2 Å². The van der Waals surface area contributed by atoms with Crippen molar-refractivity contribution < 1.29 is 19.1 Å². The summed E-state index contributed by atoms with van der Waals surface area (Å²) < 4.78 is 19.7. The SMILES string of the molecule is COc1ccnc(NC(=O)CCC[C@@H]2C/C(=N\O)[C@@]3(C)CCC4c5cccc(F)c5CCC4C23)c1. The predicted molar refractivity (Wildman–Crippen MR) is 132 cm³/mol. The molecule has 186 valence electrons. The molecule has 0 radical (unpaired) electrons. The van der Waals surface area contributed by atoms with Crippen molar-refractivity contribution in [2.24, 2.45) is 28.3 Å². The van der Waals surface area contributed by atoms with E-state index in [0.29, 0.717) is 41.7 Å². The van der Waals surface area contributed by atoms with Crippen LogP contribution < -0.4 is 10.1 Å². The molecule has 2 saturated carbocycles. The number of oxime groups is 1. The number of aromatic nitrogens is 1. The Morgan fingerprint density at radius 1 is 1.34 bits per heavy atom. The van der Waals surface area contributed by atoms with Gasteiger partial charge in [-0.05, 0) is 91.9 Å². The molecular formula is C28H34FN3O3. The molecule has 2 fully saturated rings. The quantitative estimate of drug-likeness (QED) is 0.396. The lowest BCUT2D eigenvalue weighted by Gasteiger charge is -2.50. The van der Waals surface area contributed by atoms with Crippen LogP contribution in [0.5, 0.6) is 5.75 Å². The number of nitrogens with zero attached hydrogens (tertiary/aromatic N) is 2. The van der Waals surface area contributed by atoms with Gasteiger partial charge >= 0.3 is 0 Å². The highest BCUT2D eigenvalue weighted by Gasteiger charge is 2.57. The van der Waals surface area contributed by atoms with E-state index in [4.69, 9.17) is 4.74 Å². The second kappa shape index (κ2) is 9.59. The van der Waals surface area contributed by atoms with E-state index in [1.54, 1.807) is 31.5 Å². The Balaban J connectivity index is 1.28. The lowest BCUT2D eigenvalue weighted by atomic mass is 9.54. The fourth-order valence-corrected chi connectivity index (χ4v) is 7.41. The molecule has 0 bridgehead atoms. The molecule has 1 amide bonds. The fourth-order valence-electron chi connectivity index (χ4n) is 7.41. The summed E-state index contributed by atoms with van der Waals surface area (Å²) >= 11 is 0. The first-order valence-corrected chi connectivity index (χ1v) is 12.7. The van der Waals surface area contributed by atoms with Crippen LogP contribution in [-0.4, -0.2) is 28.9 Å². The van der Waals surface area contributed by atoms with E-state index in [0.717, 1.165) is 56.2 Å². The number of rotatable bonds is 6. The average Bonchev–Trinajstić information content (AvgIpc) is 3.15. The van der Waals surface area contributed by atoms with Crippen molar-refractivity contribution in [1.82, 2.24) is 4.98 Å². The number of pyridine rings is 1. The first-order valence-electron chi connectivity index (χ1n) is 12.7. The van der Waals surface area contributed by atoms with Crippen LogP contribution in [0.3, 0.4) is 0 Å². The summed E-state index contributed by atoms with van der Waals surface area (Å²) in [6.07, 6.45) is 8.13. The number of carbonyl (C=O) groups excluding carboxylic acids is 1. The van der Waals surface area contributed by atoms with E-state index >= 15 is 0 Å². The van der Waals surface area contributed by atoms with Crippen molar-refractivity contribution >= 4 is 17.4 Å². The Kier molecular flexibility index (Phi) is 6.51. The number of anilines is 1. The average molecular weight is 480 g/mol. The van der Waals surface area contributed by atoms with Crippen molar-refractivity contribution in [3.05, 3.63) is 53.5 Å². The molecule has 3 unspecified atom stereocenters. The Hall–Kier alpha value is -2.96. The second-order valence-electron chi connectivity index (χ2n) is 10.6. The third kappa shape index (κ3) is 4.30. The predicted octanol–water partition coefficient (Wildman–Crippen LogP) is 5.95. The highest BCUT2D eigenvalue weighted by atomic mass is 19.1. The fraction of sp³-hybridized carbons (Fsp3) is 0.536. The number of benzene rings is 1. The first-order chi connectivity index (χ1) is 16.9. The van der Waals surface area contributed by atoms with E-state index < -0.39 is 0 Å². The molecule has 1 heterocycles. The van der Waals surface area contributed by atoms with Crippen molar-refractivity contribution in [3.63, 3.8) is 0 Å². The normalized spacial score (nSPS) is 30.3. The van der Waals surface area contributed by atoms with Gasteiger partial charge in [-0.15, -0.1) is 0 Å². The first kappa shape index (κ1) is 23.8. The number of amides is 1. The summed E-state index contributed by atoms with van der Waals surface area (Å²) in [6, 6.07) is 8.97. The molecular weight excluding hydrogens is 445 g/mol. The summed E-state index contributed by atoms with van der Waals surface area (Å²) in [5.41, 5.74) is 2.85. The Bertz CT molecular complexity index is 1140. The maximum atomic E-state index is 14.5. The van der Waals surface area contributed by atoms with Gasteiger partial charge in [-0.1, -0.05) is 24.2 Å². The third-order valence-corrected chi connectivity index (χ3v) is 8.93. The number of halogens is 1. The molecule has 0 spiro atoms. The molecule has 5 atom stereocenters. The number of nitrogens with one attached hydrogen (secondary N) is 1. The smallest absolute Gasteiger partial charge is 0.225 e. The number of ether oxygens (including phenoxy) is 1. The molecule has 6 nitrogen and oxygen atoms in total. The van der Waals surface area contributed by atoms with Gasteiger partial charge in [0.1, 0.15) is 17.4 Å². The van der Waals surface area contributed by atoms with Crippen LogP contribution in [0.25, 0.3) is 0 Å². The minimum atomic E-state index is -0.127. The number of hydrogen-bond acceptors (Lipinski definition) is 5. The second-order valence-corrected chi connectivity index (χ2v) is 10.6. The lowest BCUT2D eigenvalue weighted by molar-refractivity contribution is -0.116. The Morgan fingerprint density at radius 3 is 3.00 bits per heavy atom. The van der Waals surface area contributed by atoms with E-state index in [1.807, 2.05) is 6.07 Å². The minimum absolute atomic E-state index is 0.0637. The standard InChI is InChI=1S/C28H34FN3O3/c1-28-13-11-20-19-6-4-7-23(29)21(19)9-10-22(20)27(28)17(15-24(28)32-34)5-3-8-26(33)31-25-16-18(35-2)12-14-30-25/h4,6-7,12,14,16-17,20,22,27,34H,3,5,8-11,13,15H2,1-2H3,(H,30,31,33)/b32-24+/t17-,20?,22?,27?,28-/m1/s1. The molecule has 5 rings (SSSR count). The molecule has 3 aliphatic carbocycles. The van der Waals surface area contributed by atoms with Gasteiger partial charge in [0.05, 0.1) is 12.8 Å². The van der Waals surface area contributed by atoms with Gasteiger partial charge in [0.25, 0.3) is 0 Å². The maximum absolute atomic E-state index is 14.5. The minimum Gasteiger partial charge on any atom is -0.497 e. The molecule has 3 aliphatic rings. The Morgan fingerprint density at radius 2 is 2.20 bits per heavy atom. The molecule has 0 saturated heterocycles. The van der Waals surface area contributed by atoms with Crippen LogP contribution in [0.2, 0.25) is 0 Å². The largest absolute Gasteiger partial charge is 0.497 e. The van der Waals surface area contributed by atoms with Gasteiger partial charge in [-0.3, -0.25) is 4.79 Å². The summed E-state index contributed by atoms with van der Waals surface area (Å²) in [6.45, 7) is 2.26. The zero-order valence-electron chi connectivity index (χ0n) is 20.5. The zero-order valence-corrected chi connectivity index (χ0v) is 20.5. The molecule has 1 aromatic heterocycles. The molecule has 2 aromatic rings. The van der Waals surface area contributed by atoms with Gasteiger partial charge in [0, 0.05) is 24.1 Å². The monoisotopic (exact) mass is 479 g/mol. The topological polar surface area (TPSA) is 83.8 Å². The molecule has 1 aromatic carbocycles. The third-order valence-electron chi connectivity index (χ3n) is 8.93. The number of methoxy groups -OCH3 is 1. The van der Waals surface area contributed by atoms with Crippen LogP contribution in [0.1, 0.15) is 68.9 Å². The summed E-state index contributed by atoms with van der Waals surface area (Å²) in [5, 5.41) is 16.5. The summed E-state index contributed by atoms with van der Waals surface area (Å²) in [7, 11) is 1.58. The van der Waals surface area contributed by atoms with Crippen molar-refractivity contribution in [2.45, 2.75) is 64.2 Å².